The van der Waals surface area contributed by atoms with Gasteiger partial charge in [-0.05, 0) is 31.0 Å². The van der Waals surface area contributed by atoms with Gasteiger partial charge in [0.2, 0.25) is 0 Å². The molecule has 2 aromatic rings. The second kappa shape index (κ2) is 5.88. The molecule has 1 N–H and O–H groups in total. The van der Waals surface area contributed by atoms with E-state index in [2.05, 4.69) is 21.8 Å². The van der Waals surface area contributed by atoms with Gasteiger partial charge in [0.25, 0.3) is 5.91 Å². The van der Waals surface area contributed by atoms with Gasteiger partial charge in [-0.2, -0.15) is 0 Å². The minimum absolute atomic E-state index is 0.0347. The van der Waals surface area contributed by atoms with Crippen LogP contribution in [0.15, 0.2) is 18.2 Å². The Morgan fingerprint density at radius 1 is 1.33 bits per heavy atom. The number of carbonyl (C=O) groups excluding carboxylic acids is 1. The first-order valence-corrected chi connectivity index (χ1v) is 7.95. The molecule has 0 saturated heterocycles. The van der Waals surface area contributed by atoms with Gasteiger partial charge in [-0.15, -0.1) is 0 Å². The van der Waals surface area contributed by atoms with Gasteiger partial charge in [0.1, 0.15) is 5.82 Å². The lowest BCUT2D eigenvalue weighted by Crippen LogP contribution is -2.36. The Labute approximate surface area is 125 Å². The molecule has 21 heavy (non-hydrogen) atoms. The Bertz CT molecular complexity index is 653. The van der Waals surface area contributed by atoms with Crippen molar-refractivity contribution >= 4 is 16.9 Å². The molecule has 1 aliphatic rings. The molecule has 1 aliphatic carbocycles. The van der Waals surface area contributed by atoms with E-state index >= 15 is 0 Å². The number of aromatic nitrogens is 2. The third-order valence-corrected chi connectivity index (χ3v) is 4.49. The summed E-state index contributed by atoms with van der Waals surface area (Å²) in [5, 5.41) is 3.16. The highest BCUT2D eigenvalue weighted by molar-refractivity contribution is 5.97. The Hall–Kier alpha value is -1.84. The van der Waals surface area contributed by atoms with Gasteiger partial charge in [-0.25, -0.2) is 4.98 Å². The summed E-state index contributed by atoms with van der Waals surface area (Å²) in [4.78, 5) is 17.0. The lowest BCUT2D eigenvalue weighted by molar-refractivity contribution is 0.0928. The van der Waals surface area contributed by atoms with E-state index in [1.165, 1.54) is 19.3 Å². The molecule has 3 rings (SSSR count). The number of nitrogens with one attached hydrogen (secondary N) is 1. The summed E-state index contributed by atoms with van der Waals surface area (Å²) in [5.41, 5.74) is 2.71. The molecule has 1 aromatic carbocycles. The van der Waals surface area contributed by atoms with Gasteiger partial charge in [0.15, 0.2) is 0 Å². The number of carbonyl (C=O) groups is 1. The van der Waals surface area contributed by atoms with E-state index in [1.807, 2.05) is 25.2 Å². The number of rotatable bonds is 3. The number of amides is 1. The van der Waals surface area contributed by atoms with E-state index in [4.69, 9.17) is 0 Å². The van der Waals surface area contributed by atoms with Crippen LogP contribution in [-0.4, -0.2) is 21.5 Å². The highest BCUT2D eigenvalue weighted by Gasteiger charge is 2.17. The monoisotopic (exact) mass is 285 g/mol. The van der Waals surface area contributed by atoms with Crippen molar-refractivity contribution in [1.82, 2.24) is 14.9 Å². The SMILES string of the molecule is CCc1nc2cc(C(=O)NC3CCCCC3)ccc2n1C. The van der Waals surface area contributed by atoms with Crippen LogP contribution in [0.2, 0.25) is 0 Å². The van der Waals surface area contributed by atoms with Gasteiger partial charge >= 0.3 is 0 Å². The van der Waals surface area contributed by atoms with Crippen LogP contribution in [0.1, 0.15) is 55.2 Å². The molecule has 0 bridgehead atoms. The summed E-state index contributed by atoms with van der Waals surface area (Å²) < 4.78 is 2.10. The van der Waals surface area contributed by atoms with Crippen molar-refractivity contribution in [3.63, 3.8) is 0 Å². The van der Waals surface area contributed by atoms with E-state index in [9.17, 15) is 4.79 Å². The van der Waals surface area contributed by atoms with Crippen molar-refractivity contribution in [3.05, 3.63) is 29.6 Å². The maximum Gasteiger partial charge on any atom is 0.251 e. The van der Waals surface area contributed by atoms with Crippen molar-refractivity contribution < 1.29 is 4.79 Å². The molecule has 0 atom stereocenters. The highest BCUT2D eigenvalue weighted by atomic mass is 16.1. The molecule has 1 aromatic heterocycles. The van der Waals surface area contributed by atoms with Crippen LogP contribution in [0.3, 0.4) is 0 Å². The van der Waals surface area contributed by atoms with Gasteiger partial charge in [0, 0.05) is 25.1 Å². The Morgan fingerprint density at radius 3 is 2.81 bits per heavy atom. The first-order chi connectivity index (χ1) is 10.2. The lowest BCUT2D eigenvalue weighted by atomic mass is 9.95. The number of benzene rings is 1. The van der Waals surface area contributed by atoms with E-state index in [-0.39, 0.29) is 5.91 Å². The molecular weight excluding hydrogens is 262 g/mol. The van der Waals surface area contributed by atoms with E-state index in [1.54, 1.807) is 0 Å². The van der Waals surface area contributed by atoms with Crippen molar-refractivity contribution in [2.24, 2.45) is 7.05 Å². The third-order valence-electron chi connectivity index (χ3n) is 4.49. The number of aryl methyl sites for hydroxylation is 2. The zero-order valence-corrected chi connectivity index (χ0v) is 12.9. The number of fused-ring (bicyclic) bond motifs is 1. The van der Waals surface area contributed by atoms with Crippen LogP contribution in [-0.2, 0) is 13.5 Å². The molecule has 1 amide bonds. The smallest absolute Gasteiger partial charge is 0.251 e. The number of nitrogens with zero attached hydrogens (tertiary/aromatic N) is 2. The summed E-state index contributed by atoms with van der Waals surface area (Å²) in [5.74, 6) is 1.09. The Balaban J connectivity index is 1.81. The van der Waals surface area contributed by atoms with Gasteiger partial charge in [-0.1, -0.05) is 26.2 Å². The minimum Gasteiger partial charge on any atom is -0.349 e. The van der Waals surface area contributed by atoms with Crippen LogP contribution < -0.4 is 5.32 Å². The topological polar surface area (TPSA) is 46.9 Å². The minimum atomic E-state index is 0.0347. The molecule has 0 spiro atoms. The number of hydrogen-bond donors (Lipinski definition) is 1. The quantitative estimate of drug-likeness (QED) is 0.941. The molecule has 1 heterocycles. The largest absolute Gasteiger partial charge is 0.349 e. The fourth-order valence-electron chi connectivity index (χ4n) is 3.22. The fourth-order valence-corrected chi connectivity index (χ4v) is 3.22. The predicted octanol–water partition coefficient (Wildman–Crippen LogP) is 3.20. The summed E-state index contributed by atoms with van der Waals surface area (Å²) in [6, 6.07) is 6.16. The third kappa shape index (κ3) is 2.80. The Morgan fingerprint density at radius 2 is 2.10 bits per heavy atom. The second-order valence-electron chi connectivity index (χ2n) is 5.95. The zero-order valence-electron chi connectivity index (χ0n) is 12.9. The van der Waals surface area contributed by atoms with E-state index in [0.717, 1.165) is 36.1 Å². The van der Waals surface area contributed by atoms with Crippen LogP contribution in [0.4, 0.5) is 0 Å². The van der Waals surface area contributed by atoms with Gasteiger partial charge in [-0.3, -0.25) is 4.79 Å². The molecule has 4 heteroatoms. The second-order valence-corrected chi connectivity index (χ2v) is 5.95. The maximum atomic E-state index is 12.4. The number of hydrogen-bond acceptors (Lipinski definition) is 2. The average Bonchev–Trinajstić information content (AvgIpc) is 2.84. The normalized spacial score (nSPS) is 16.3. The average molecular weight is 285 g/mol. The van der Waals surface area contributed by atoms with Crippen LogP contribution in [0, 0.1) is 0 Å². The molecule has 112 valence electrons. The van der Waals surface area contributed by atoms with Crippen LogP contribution >= 0.6 is 0 Å². The molecule has 0 radical (unpaired) electrons. The standard InChI is InChI=1S/C17H23N3O/c1-3-16-19-14-11-12(9-10-15(14)20(16)2)17(21)18-13-7-5-4-6-8-13/h9-11,13H,3-8H2,1-2H3,(H,18,21). The van der Waals surface area contributed by atoms with E-state index < -0.39 is 0 Å². The molecule has 1 saturated carbocycles. The van der Waals surface area contributed by atoms with Crippen LogP contribution in [0.5, 0.6) is 0 Å². The molecule has 0 aliphatic heterocycles. The van der Waals surface area contributed by atoms with Crippen molar-refractivity contribution in [1.29, 1.82) is 0 Å². The predicted molar refractivity (Wildman–Crippen MR) is 84.4 cm³/mol. The summed E-state index contributed by atoms with van der Waals surface area (Å²) >= 11 is 0. The molecular formula is C17H23N3O. The van der Waals surface area contributed by atoms with E-state index in [0.29, 0.717) is 11.6 Å². The van der Waals surface area contributed by atoms with Crippen LogP contribution in [0.25, 0.3) is 11.0 Å². The first-order valence-electron chi connectivity index (χ1n) is 7.95. The van der Waals surface area contributed by atoms with Crippen molar-refractivity contribution in [2.75, 3.05) is 0 Å². The zero-order chi connectivity index (χ0) is 14.8. The maximum absolute atomic E-state index is 12.4. The first kappa shape index (κ1) is 14.1. The molecule has 0 unspecified atom stereocenters. The molecule has 4 nitrogen and oxygen atoms in total. The fraction of sp³-hybridized carbons (Fsp3) is 0.529. The van der Waals surface area contributed by atoms with Crippen molar-refractivity contribution in [3.8, 4) is 0 Å². The summed E-state index contributed by atoms with van der Waals surface area (Å²) in [6.45, 7) is 2.10. The van der Waals surface area contributed by atoms with Gasteiger partial charge < -0.3 is 9.88 Å². The Kier molecular flexibility index (Phi) is 3.95. The lowest BCUT2D eigenvalue weighted by Gasteiger charge is -2.22. The highest BCUT2D eigenvalue weighted by Crippen LogP contribution is 2.20. The number of imidazole rings is 1. The van der Waals surface area contributed by atoms with Gasteiger partial charge in [0.05, 0.1) is 11.0 Å². The molecule has 1 fully saturated rings. The summed E-state index contributed by atoms with van der Waals surface area (Å²) in [7, 11) is 2.02. The summed E-state index contributed by atoms with van der Waals surface area (Å²) in [6.07, 6.45) is 6.87. The van der Waals surface area contributed by atoms with Crippen molar-refractivity contribution in [2.45, 2.75) is 51.5 Å².